The van der Waals surface area contributed by atoms with Gasteiger partial charge in [-0.3, -0.25) is 4.79 Å². The van der Waals surface area contributed by atoms with Gasteiger partial charge < -0.3 is 19.5 Å². The van der Waals surface area contributed by atoms with Gasteiger partial charge in [-0.15, -0.1) is 0 Å². The van der Waals surface area contributed by atoms with E-state index in [1.54, 1.807) is 43.3 Å². The molecule has 0 saturated heterocycles. The number of fused-ring (bicyclic) bond motifs is 2. The molecule has 1 aliphatic carbocycles. The van der Waals surface area contributed by atoms with E-state index in [-0.39, 0.29) is 29.0 Å². The second-order valence-corrected chi connectivity index (χ2v) is 9.11. The van der Waals surface area contributed by atoms with Gasteiger partial charge in [-0.1, -0.05) is 48.0 Å². The molecule has 1 atom stereocenters. The average molecular weight is 520 g/mol. The van der Waals surface area contributed by atoms with E-state index in [4.69, 9.17) is 25.8 Å². The summed E-state index contributed by atoms with van der Waals surface area (Å²) >= 11 is 6.67. The molecule has 0 radical (unpaired) electrons. The minimum absolute atomic E-state index is 0.0655. The Morgan fingerprint density at radius 1 is 1.05 bits per heavy atom. The smallest absolute Gasteiger partial charge is 0.336 e. The van der Waals surface area contributed by atoms with Crippen molar-refractivity contribution in [2.75, 3.05) is 14.2 Å². The summed E-state index contributed by atoms with van der Waals surface area (Å²) in [5.74, 6) is -1.30. The van der Waals surface area contributed by atoms with Crippen molar-refractivity contribution in [3.8, 4) is 11.5 Å². The molecule has 0 aromatic heterocycles. The van der Waals surface area contributed by atoms with Crippen molar-refractivity contribution in [2.24, 2.45) is 0 Å². The van der Waals surface area contributed by atoms with E-state index >= 15 is 0 Å². The molecule has 1 N–H and O–H groups in total. The Labute approximate surface area is 218 Å². The van der Waals surface area contributed by atoms with Gasteiger partial charge in [-0.25, -0.2) is 9.18 Å². The predicted octanol–water partition coefficient (Wildman–Crippen LogP) is 5.81. The van der Waals surface area contributed by atoms with Gasteiger partial charge in [-0.2, -0.15) is 0 Å². The lowest BCUT2D eigenvalue weighted by Crippen LogP contribution is -2.29. The third kappa shape index (κ3) is 4.25. The molecule has 0 spiro atoms. The summed E-state index contributed by atoms with van der Waals surface area (Å²) < 4.78 is 30.2. The number of hydrogen-bond donors (Lipinski definition) is 1. The summed E-state index contributed by atoms with van der Waals surface area (Å²) in [6, 6.07) is 16.7. The number of ketones is 1. The molecule has 0 amide bonds. The molecule has 0 saturated carbocycles. The first-order valence-electron chi connectivity index (χ1n) is 11.5. The van der Waals surface area contributed by atoms with Crippen LogP contribution in [-0.4, -0.2) is 26.0 Å². The fourth-order valence-electron chi connectivity index (χ4n) is 4.87. The number of benzene rings is 3. The number of nitrogens with one attached hydrogen (secondary N) is 1. The highest BCUT2D eigenvalue weighted by atomic mass is 35.5. The summed E-state index contributed by atoms with van der Waals surface area (Å²) in [6.07, 6.45) is 0. The molecule has 188 valence electrons. The summed E-state index contributed by atoms with van der Waals surface area (Å²) in [4.78, 5) is 26.5. The standard InChI is InChI=1S/C29H23ClFNO5/c1-15-23(29(34)36-3)24(25-26(32-15)19-9-4-5-10-20(19)27(25)33)17-12-21(30)28(22(13-17)35-2)37-14-16-7-6-8-18(31)11-16/h4-13,24,32H,14H2,1-3H3/t24-/m1/s1. The molecular formula is C29H23ClFNO5. The normalized spacial score (nSPS) is 16.2. The molecular weight excluding hydrogens is 497 g/mol. The number of halogens is 2. The number of ether oxygens (including phenoxy) is 3. The van der Waals surface area contributed by atoms with Crippen molar-refractivity contribution in [3.63, 3.8) is 0 Å². The van der Waals surface area contributed by atoms with E-state index in [1.807, 2.05) is 12.1 Å². The highest BCUT2D eigenvalue weighted by Gasteiger charge is 2.43. The lowest BCUT2D eigenvalue weighted by Gasteiger charge is -2.29. The van der Waals surface area contributed by atoms with Gasteiger partial charge in [-0.05, 0) is 42.3 Å². The molecule has 3 aromatic carbocycles. The van der Waals surface area contributed by atoms with Crippen LogP contribution in [0.15, 0.2) is 77.5 Å². The fraction of sp³-hybridized carbons (Fsp3) is 0.172. The Balaban J connectivity index is 1.60. The molecule has 1 aliphatic heterocycles. The Kier molecular flexibility index (Phi) is 6.48. The third-order valence-corrected chi connectivity index (χ3v) is 6.79. The van der Waals surface area contributed by atoms with Gasteiger partial charge >= 0.3 is 5.97 Å². The number of rotatable bonds is 6. The zero-order chi connectivity index (χ0) is 26.3. The number of esters is 1. The van der Waals surface area contributed by atoms with Crippen molar-refractivity contribution in [3.05, 3.63) is 111 Å². The minimum atomic E-state index is -0.757. The van der Waals surface area contributed by atoms with Gasteiger partial charge in [0.15, 0.2) is 17.3 Å². The van der Waals surface area contributed by atoms with Crippen molar-refractivity contribution in [1.82, 2.24) is 5.32 Å². The molecule has 1 heterocycles. The number of dihydropyridines is 1. The number of allylic oxidation sites excluding steroid dienone is 2. The number of methoxy groups -OCH3 is 2. The van der Waals surface area contributed by atoms with E-state index in [9.17, 15) is 14.0 Å². The molecule has 5 rings (SSSR count). The maximum absolute atomic E-state index is 13.6. The highest BCUT2D eigenvalue weighted by Crippen LogP contribution is 2.49. The van der Waals surface area contributed by atoms with Crippen molar-refractivity contribution < 1.29 is 28.2 Å². The van der Waals surface area contributed by atoms with Crippen LogP contribution in [-0.2, 0) is 16.1 Å². The third-order valence-electron chi connectivity index (χ3n) is 6.51. The van der Waals surface area contributed by atoms with Crippen LogP contribution < -0.4 is 14.8 Å². The van der Waals surface area contributed by atoms with Crippen LogP contribution in [0.3, 0.4) is 0 Å². The number of carbonyl (C=O) groups is 2. The van der Waals surface area contributed by atoms with Crippen molar-refractivity contribution in [2.45, 2.75) is 19.4 Å². The van der Waals surface area contributed by atoms with Crippen molar-refractivity contribution in [1.29, 1.82) is 0 Å². The number of hydrogen-bond acceptors (Lipinski definition) is 6. The summed E-state index contributed by atoms with van der Waals surface area (Å²) in [6.45, 7) is 1.83. The quantitative estimate of drug-likeness (QED) is 0.414. The maximum Gasteiger partial charge on any atom is 0.336 e. The van der Waals surface area contributed by atoms with Gasteiger partial charge in [0, 0.05) is 28.3 Å². The lowest BCUT2D eigenvalue weighted by molar-refractivity contribution is -0.136. The zero-order valence-electron chi connectivity index (χ0n) is 20.4. The SMILES string of the molecule is COC(=O)C1=C(C)NC2=C(C(=O)c3ccccc32)[C@@H]1c1cc(Cl)c(OCc2cccc(F)c2)c(OC)c1. The van der Waals surface area contributed by atoms with E-state index in [0.717, 1.165) is 5.56 Å². The van der Waals surface area contributed by atoms with Crippen LogP contribution in [0.1, 0.15) is 39.9 Å². The molecule has 2 aliphatic rings. The highest BCUT2D eigenvalue weighted by molar-refractivity contribution is 6.32. The van der Waals surface area contributed by atoms with Crippen LogP contribution >= 0.6 is 11.6 Å². The van der Waals surface area contributed by atoms with Crippen LogP contribution in [0.5, 0.6) is 11.5 Å². The van der Waals surface area contributed by atoms with Gasteiger partial charge in [0.05, 0.1) is 30.5 Å². The molecule has 0 fully saturated rings. The van der Waals surface area contributed by atoms with Gasteiger partial charge in [0.25, 0.3) is 0 Å². The summed E-state index contributed by atoms with van der Waals surface area (Å²) in [7, 11) is 2.77. The lowest BCUT2D eigenvalue weighted by atomic mass is 9.79. The van der Waals surface area contributed by atoms with E-state index in [1.165, 1.54) is 26.4 Å². The van der Waals surface area contributed by atoms with Crippen molar-refractivity contribution >= 4 is 29.1 Å². The monoisotopic (exact) mass is 519 g/mol. The van der Waals surface area contributed by atoms with E-state index < -0.39 is 11.9 Å². The largest absolute Gasteiger partial charge is 0.493 e. The first-order chi connectivity index (χ1) is 17.8. The Bertz CT molecular complexity index is 1510. The van der Waals surface area contributed by atoms with Gasteiger partial charge in [0.1, 0.15) is 12.4 Å². The molecule has 6 nitrogen and oxygen atoms in total. The Morgan fingerprint density at radius 2 is 1.81 bits per heavy atom. The molecule has 0 unspecified atom stereocenters. The van der Waals surface area contributed by atoms with E-state index in [2.05, 4.69) is 5.32 Å². The second kappa shape index (κ2) is 9.75. The maximum atomic E-state index is 13.6. The van der Waals surface area contributed by atoms with Crippen LogP contribution in [0.4, 0.5) is 4.39 Å². The van der Waals surface area contributed by atoms with E-state index in [0.29, 0.717) is 45.0 Å². The predicted molar refractivity (Wildman–Crippen MR) is 137 cm³/mol. The van der Waals surface area contributed by atoms with Crippen LogP contribution in [0, 0.1) is 5.82 Å². The zero-order valence-corrected chi connectivity index (χ0v) is 21.1. The van der Waals surface area contributed by atoms with Crippen LogP contribution in [0.2, 0.25) is 5.02 Å². The molecule has 0 bridgehead atoms. The van der Waals surface area contributed by atoms with Gasteiger partial charge in [0.2, 0.25) is 0 Å². The fourth-order valence-corrected chi connectivity index (χ4v) is 5.15. The Morgan fingerprint density at radius 3 is 2.51 bits per heavy atom. The first kappa shape index (κ1) is 24.6. The van der Waals surface area contributed by atoms with Crippen LogP contribution in [0.25, 0.3) is 5.70 Å². The first-order valence-corrected chi connectivity index (χ1v) is 11.9. The minimum Gasteiger partial charge on any atom is -0.493 e. The number of carbonyl (C=O) groups excluding carboxylic acids is 2. The molecule has 8 heteroatoms. The average Bonchev–Trinajstić information content (AvgIpc) is 3.17. The molecule has 37 heavy (non-hydrogen) atoms. The summed E-state index contributed by atoms with van der Waals surface area (Å²) in [5, 5.41) is 3.46. The second-order valence-electron chi connectivity index (χ2n) is 8.70. The molecule has 3 aromatic rings. The number of Topliss-reactive ketones (excluding diaryl/α,β-unsaturated/α-hetero) is 1. The summed E-state index contributed by atoms with van der Waals surface area (Å²) in [5.41, 5.74) is 4.46. The Hall–Kier alpha value is -4.10. The topological polar surface area (TPSA) is 73.9 Å².